The first kappa shape index (κ1) is 14.2. The van der Waals surface area contributed by atoms with Gasteiger partial charge < -0.3 is 5.32 Å². The summed E-state index contributed by atoms with van der Waals surface area (Å²) in [5.41, 5.74) is 4.24. The van der Waals surface area contributed by atoms with Crippen molar-refractivity contribution >= 4 is 0 Å². The fourth-order valence-corrected chi connectivity index (χ4v) is 2.37. The summed E-state index contributed by atoms with van der Waals surface area (Å²) in [6.45, 7) is 6.65. The largest absolute Gasteiger partial charge is 0.313 e. The highest BCUT2D eigenvalue weighted by Crippen LogP contribution is 2.24. The Bertz CT molecular complexity index is 330. The minimum absolute atomic E-state index is 0.520. The number of aryl methyl sites for hydroxylation is 2. The zero-order valence-electron chi connectivity index (χ0n) is 11.8. The van der Waals surface area contributed by atoms with Crippen LogP contribution in [0.5, 0.6) is 0 Å². The second-order valence-electron chi connectivity index (χ2n) is 5.05. The first-order chi connectivity index (χ1) is 8.19. The third-order valence-electron chi connectivity index (χ3n) is 3.50. The van der Waals surface area contributed by atoms with E-state index in [4.69, 9.17) is 0 Å². The van der Waals surface area contributed by atoms with Gasteiger partial charge in [0.05, 0.1) is 0 Å². The van der Waals surface area contributed by atoms with Crippen LogP contribution in [0.15, 0.2) is 18.2 Å². The summed E-state index contributed by atoms with van der Waals surface area (Å²) in [7, 11) is 2.08. The van der Waals surface area contributed by atoms with Crippen molar-refractivity contribution < 1.29 is 0 Å². The van der Waals surface area contributed by atoms with E-state index in [2.05, 4.69) is 51.3 Å². The number of hydrogen-bond donors (Lipinski definition) is 1. The van der Waals surface area contributed by atoms with E-state index in [9.17, 15) is 0 Å². The van der Waals surface area contributed by atoms with Crippen LogP contribution >= 0.6 is 0 Å². The summed E-state index contributed by atoms with van der Waals surface area (Å²) < 4.78 is 0. The van der Waals surface area contributed by atoms with E-state index >= 15 is 0 Å². The first-order valence-electron chi connectivity index (χ1n) is 6.93. The van der Waals surface area contributed by atoms with Gasteiger partial charge in [-0.1, -0.05) is 56.4 Å². The Kier molecular flexibility index (Phi) is 6.28. The highest BCUT2D eigenvalue weighted by molar-refractivity contribution is 5.32. The van der Waals surface area contributed by atoms with Crippen molar-refractivity contribution in [1.82, 2.24) is 5.32 Å². The molecule has 0 heterocycles. The second kappa shape index (κ2) is 7.50. The number of rotatable bonds is 7. The molecule has 96 valence electrons. The van der Waals surface area contributed by atoms with E-state index in [0.29, 0.717) is 6.04 Å². The maximum atomic E-state index is 3.46. The normalized spacial score (nSPS) is 12.7. The predicted octanol–water partition coefficient (Wildman–Crippen LogP) is 4.53. The standard InChI is InChI=1S/C16H27N/c1-5-6-7-8-9-16(17-4)15-12-13(2)10-11-14(15)3/h10-12,16-17H,5-9H2,1-4H3. The van der Waals surface area contributed by atoms with Crippen LogP contribution < -0.4 is 5.32 Å². The maximum absolute atomic E-state index is 3.46. The van der Waals surface area contributed by atoms with Gasteiger partial charge in [0.15, 0.2) is 0 Å². The zero-order valence-corrected chi connectivity index (χ0v) is 11.8. The van der Waals surface area contributed by atoms with Crippen LogP contribution in [0.25, 0.3) is 0 Å². The maximum Gasteiger partial charge on any atom is 0.0320 e. The minimum Gasteiger partial charge on any atom is -0.313 e. The lowest BCUT2D eigenvalue weighted by atomic mass is 9.95. The molecule has 0 saturated carbocycles. The molecule has 1 atom stereocenters. The minimum atomic E-state index is 0.520. The molecule has 0 bridgehead atoms. The average Bonchev–Trinajstić information content (AvgIpc) is 2.33. The van der Waals surface area contributed by atoms with Gasteiger partial charge in [-0.15, -0.1) is 0 Å². The van der Waals surface area contributed by atoms with Crippen molar-refractivity contribution in [2.75, 3.05) is 7.05 Å². The Morgan fingerprint density at radius 2 is 1.88 bits per heavy atom. The Hall–Kier alpha value is -0.820. The van der Waals surface area contributed by atoms with Crippen molar-refractivity contribution in [3.05, 3.63) is 34.9 Å². The predicted molar refractivity (Wildman–Crippen MR) is 76.5 cm³/mol. The van der Waals surface area contributed by atoms with Gasteiger partial charge in [0.2, 0.25) is 0 Å². The molecular weight excluding hydrogens is 206 g/mol. The van der Waals surface area contributed by atoms with Gasteiger partial charge in [-0.2, -0.15) is 0 Å². The van der Waals surface area contributed by atoms with Crippen LogP contribution in [-0.4, -0.2) is 7.05 Å². The number of unbranched alkanes of at least 4 members (excludes halogenated alkanes) is 3. The fourth-order valence-electron chi connectivity index (χ4n) is 2.37. The van der Waals surface area contributed by atoms with Crippen LogP contribution in [0.1, 0.15) is 61.8 Å². The van der Waals surface area contributed by atoms with Gasteiger partial charge in [-0.3, -0.25) is 0 Å². The molecule has 1 aromatic rings. The molecule has 1 rings (SSSR count). The first-order valence-corrected chi connectivity index (χ1v) is 6.93. The van der Waals surface area contributed by atoms with Crippen molar-refractivity contribution in [2.45, 2.75) is 58.9 Å². The van der Waals surface area contributed by atoms with Crippen molar-refractivity contribution in [3.8, 4) is 0 Å². The van der Waals surface area contributed by atoms with E-state index in [1.54, 1.807) is 0 Å². The summed E-state index contributed by atoms with van der Waals surface area (Å²) in [6, 6.07) is 7.28. The Morgan fingerprint density at radius 3 is 2.53 bits per heavy atom. The van der Waals surface area contributed by atoms with E-state index < -0.39 is 0 Å². The Morgan fingerprint density at radius 1 is 1.12 bits per heavy atom. The van der Waals surface area contributed by atoms with Crippen molar-refractivity contribution in [3.63, 3.8) is 0 Å². The van der Waals surface area contributed by atoms with Crippen molar-refractivity contribution in [1.29, 1.82) is 0 Å². The number of hydrogen-bond acceptors (Lipinski definition) is 1. The molecule has 1 N–H and O–H groups in total. The lowest BCUT2D eigenvalue weighted by Crippen LogP contribution is -2.17. The third-order valence-corrected chi connectivity index (χ3v) is 3.50. The third kappa shape index (κ3) is 4.51. The van der Waals surface area contributed by atoms with E-state index in [1.165, 1.54) is 48.8 Å². The highest BCUT2D eigenvalue weighted by Gasteiger charge is 2.11. The van der Waals surface area contributed by atoms with Crippen molar-refractivity contribution in [2.24, 2.45) is 0 Å². The number of benzene rings is 1. The van der Waals surface area contributed by atoms with Gasteiger partial charge in [0.1, 0.15) is 0 Å². The monoisotopic (exact) mass is 233 g/mol. The SMILES string of the molecule is CCCCCCC(NC)c1cc(C)ccc1C. The molecule has 0 saturated heterocycles. The lowest BCUT2D eigenvalue weighted by Gasteiger charge is -2.19. The van der Waals surface area contributed by atoms with Crippen LogP contribution in [0.2, 0.25) is 0 Å². The topological polar surface area (TPSA) is 12.0 Å². The fraction of sp³-hybridized carbons (Fsp3) is 0.625. The molecule has 1 nitrogen and oxygen atoms in total. The van der Waals surface area contributed by atoms with Gasteiger partial charge in [-0.25, -0.2) is 0 Å². The van der Waals surface area contributed by atoms with Crippen LogP contribution in [0, 0.1) is 13.8 Å². The zero-order chi connectivity index (χ0) is 12.7. The molecular formula is C16H27N. The van der Waals surface area contributed by atoms with E-state index in [1.807, 2.05) is 0 Å². The van der Waals surface area contributed by atoms with E-state index in [0.717, 1.165) is 0 Å². The summed E-state index contributed by atoms with van der Waals surface area (Å²) in [5, 5.41) is 3.46. The molecule has 0 aromatic heterocycles. The average molecular weight is 233 g/mol. The lowest BCUT2D eigenvalue weighted by molar-refractivity contribution is 0.503. The molecule has 0 radical (unpaired) electrons. The molecule has 1 unspecified atom stereocenters. The molecule has 0 aliphatic heterocycles. The van der Waals surface area contributed by atoms with Crippen LogP contribution in [-0.2, 0) is 0 Å². The summed E-state index contributed by atoms with van der Waals surface area (Å²) in [5.74, 6) is 0. The van der Waals surface area contributed by atoms with Gasteiger partial charge in [0.25, 0.3) is 0 Å². The van der Waals surface area contributed by atoms with Gasteiger partial charge in [-0.05, 0) is 38.4 Å². The molecule has 0 fully saturated rings. The molecule has 0 spiro atoms. The molecule has 1 heteroatoms. The number of nitrogens with one attached hydrogen (secondary N) is 1. The quantitative estimate of drug-likeness (QED) is 0.682. The summed E-state index contributed by atoms with van der Waals surface area (Å²) in [6.07, 6.45) is 6.62. The molecule has 17 heavy (non-hydrogen) atoms. The Balaban J connectivity index is 2.62. The summed E-state index contributed by atoms with van der Waals surface area (Å²) in [4.78, 5) is 0. The van der Waals surface area contributed by atoms with Crippen LogP contribution in [0.3, 0.4) is 0 Å². The summed E-state index contributed by atoms with van der Waals surface area (Å²) >= 11 is 0. The second-order valence-corrected chi connectivity index (χ2v) is 5.05. The smallest absolute Gasteiger partial charge is 0.0320 e. The molecule has 0 amide bonds. The van der Waals surface area contributed by atoms with Gasteiger partial charge >= 0.3 is 0 Å². The van der Waals surface area contributed by atoms with Crippen LogP contribution in [0.4, 0.5) is 0 Å². The molecule has 0 aliphatic carbocycles. The Labute approximate surface area is 107 Å². The molecule has 0 aliphatic rings. The van der Waals surface area contributed by atoms with Gasteiger partial charge in [0, 0.05) is 6.04 Å². The van der Waals surface area contributed by atoms with E-state index in [-0.39, 0.29) is 0 Å². The highest BCUT2D eigenvalue weighted by atomic mass is 14.9. The molecule has 1 aromatic carbocycles.